The molecule has 3 N–H and O–H groups in total. The molecular formula is C25H35N3O7S. The highest BCUT2D eigenvalue weighted by molar-refractivity contribution is 7.99. The Morgan fingerprint density at radius 1 is 1.14 bits per heavy atom. The van der Waals surface area contributed by atoms with Gasteiger partial charge < -0.3 is 25.2 Å². The van der Waals surface area contributed by atoms with Crippen LogP contribution in [0.15, 0.2) is 30.3 Å². The third-order valence-electron chi connectivity index (χ3n) is 6.52. The van der Waals surface area contributed by atoms with Gasteiger partial charge in [0.2, 0.25) is 11.8 Å². The van der Waals surface area contributed by atoms with Crippen LogP contribution in [0.3, 0.4) is 0 Å². The fourth-order valence-corrected chi connectivity index (χ4v) is 5.67. The molecule has 0 aromatic heterocycles. The monoisotopic (exact) mass is 521 g/mol. The first-order valence-electron chi connectivity index (χ1n) is 12.0. The van der Waals surface area contributed by atoms with E-state index in [1.54, 1.807) is 37.8 Å². The van der Waals surface area contributed by atoms with E-state index >= 15 is 0 Å². The summed E-state index contributed by atoms with van der Waals surface area (Å²) >= 11 is 1.48. The zero-order chi connectivity index (χ0) is 26.7. The third-order valence-corrected chi connectivity index (χ3v) is 7.53. The van der Waals surface area contributed by atoms with E-state index in [4.69, 9.17) is 4.74 Å². The summed E-state index contributed by atoms with van der Waals surface area (Å²) < 4.78 is 5.47. The SMILES string of the molecule is CC(O)C(NC(=O)C1(c2ccccc2)CCN(C(=O)C2CSCN2C(=O)OC(C)(C)C)CC1)C(=O)O. The summed E-state index contributed by atoms with van der Waals surface area (Å²) in [6.07, 6.45) is -1.27. The molecule has 0 aliphatic carbocycles. The maximum atomic E-state index is 13.5. The summed E-state index contributed by atoms with van der Waals surface area (Å²) in [6.45, 7) is 7.15. The smallest absolute Gasteiger partial charge is 0.411 e. The van der Waals surface area contributed by atoms with Gasteiger partial charge in [0.1, 0.15) is 11.6 Å². The number of aliphatic hydroxyl groups excluding tert-OH is 1. The van der Waals surface area contributed by atoms with Crippen LogP contribution in [-0.2, 0) is 24.5 Å². The number of hydrogen-bond donors (Lipinski definition) is 3. The van der Waals surface area contributed by atoms with Crippen molar-refractivity contribution in [2.24, 2.45) is 0 Å². The molecule has 0 radical (unpaired) electrons. The van der Waals surface area contributed by atoms with Crippen LogP contribution in [0.2, 0.25) is 0 Å². The van der Waals surface area contributed by atoms with E-state index in [1.165, 1.54) is 23.6 Å². The molecule has 3 unspecified atom stereocenters. The number of likely N-dealkylation sites (tertiary alicyclic amines) is 1. The van der Waals surface area contributed by atoms with E-state index in [1.807, 2.05) is 18.2 Å². The standard InChI is InChI=1S/C25H35N3O7S/c1-16(29)19(21(31)32)26-22(33)25(17-8-6-5-7-9-17)10-12-27(13-11-25)20(30)18-14-36-15-28(18)23(34)35-24(2,3)4/h5-9,16,18-19,29H,10-15H2,1-4H3,(H,26,33)(H,31,32). The molecule has 2 aliphatic rings. The van der Waals surface area contributed by atoms with Crippen LogP contribution >= 0.6 is 11.8 Å². The first kappa shape index (κ1) is 27.8. The Balaban J connectivity index is 1.77. The Hall–Kier alpha value is -2.79. The van der Waals surface area contributed by atoms with E-state index in [9.17, 15) is 29.4 Å². The number of rotatable bonds is 6. The quantitative estimate of drug-likeness (QED) is 0.516. The molecule has 10 nitrogen and oxygen atoms in total. The van der Waals surface area contributed by atoms with E-state index in [-0.39, 0.29) is 31.8 Å². The lowest BCUT2D eigenvalue weighted by molar-refractivity contribution is -0.146. The lowest BCUT2D eigenvalue weighted by Gasteiger charge is -2.42. The van der Waals surface area contributed by atoms with Gasteiger partial charge in [0.05, 0.1) is 17.4 Å². The summed E-state index contributed by atoms with van der Waals surface area (Å²) in [5.74, 6) is -1.18. The number of carbonyl (C=O) groups is 4. The summed E-state index contributed by atoms with van der Waals surface area (Å²) in [5, 5.41) is 21.8. The highest BCUT2D eigenvalue weighted by Gasteiger charge is 2.47. The molecular weight excluding hydrogens is 486 g/mol. The van der Waals surface area contributed by atoms with Crippen LogP contribution in [0.25, 0.3) is 0 Å². The van der Waals surface area contributed by atoms with Crippen LogP contribution in [0.4, 0.5) is 4.79 Å². The number of ether oxygens (including phenoxy) is 1. The van der Waals surface area contributed by atoms with E-state index in [0.29, 0.717) is 11.6 Å². The average Bonchev–Trinajstić information content (AvgIpc) is 3.31. The maximum absolute atomic E-state index is 13.5. The fourth-order valence-electron chi connectivity index (χ4n) is 4.54. The second-order valence-corrected chi connectivity index (χ2v) is 11.3. The van der Waals surface area contributed by atoms with Gasteiger partial charge in [-0.15, -0.1) is 11.8 Å². The largest absolute Gasteiger partial charge is 0.480 e. The fraction of sp³-hybridized carbons (Fsp3) is 0.600. The molecule has 2 fully saturated rings. The van der Waals surface area contributed by atoms with Crippen molar-refractivity contribution in [1.82, 2.24) is 15.1 Å². The summed E-state index contributed by atoms with van der Waals surface area (Å²) in [5.41, 5.74) is -1.02. The van der Waals surface area contributed by atoms with Crippen molar-refractivity contribution in [3.63, 3.8) is 0 Å². The van der Waals surface area contributed by atoms with Crippen molar-refractivity contribution < 1.29 is 34.1 Å². The third kappa shape index (κ3) is 6.12. The van der Waals surface area contributed by atoms with Crippen molar-refractivity contribution in [2.75, 3.05) is 24.7 Å². The molecule has 1 aromatic carbocycles. The van der Waals surface area contributed by atoms with Gasteiger partial charge in [-0.05, 0) is 46.1 Å². The number of aliphatic hydroxyl groups is 1. The van der Waals surface area contributed by atoms with Crippen LogP contribution in [0, 0.1) is 0 Å². The van der Waals surface area contributed by atoms with Crippen molar-refractivity contribution in [1.29, 1.82) is 0 Å². The van der Waals surface area contributed by atoms with Crippen LogP contribution in [-0.4, -0.2) is 92.4 Å². The summed E-state index contributed by atoms with van der Waals surface area (Å²) in [4.78, 5) is 54.2. The molecule has 3 atom stereocenters. The van der Waals surface area contributed by atoms with Gasteiger partial charge in [0, 0.05) is 18.8 Å². The maximum Gasteiger partial charge on any atom is 0.411 e. The predicted molar refractivity (Wildman–Crippen MR) is 134 cm³/mol. The van der Waals surface area contributed by atoms with Crippen LogP contribution < -0.4 is 5.32 Å². The minimum atomic E-state index is -1.45. The highest BCUT2D eigenvalue weighted by atomic mass is 32.2. The number of nitrogens with zero attached hydrogens (tertiary/aromatic N) is 2. The van der Waals surface area contributed by atoms with Gasteiger partial charge in [0.15, 0.2) is 6.04 Å². The number of carboxylic acids is 1. The number of thioether (sulfide) groups is 1. The highest BCUT2D eigenvalue weighted by Crippen LogP contribution is 2.37. The lowest BCUT2D eigenvalue weighted by atomic mass is 9.71. The second-order valence-electron chi connectivity index (χ2n) is 10.3. The van der Waals surface area contributed by atoms with Crippen molar-refractivity contribution in [3.05, 3.63) is 35.9 Å². The number of nitrogens with one attached hydrogen (secondary N) is 1. The average molecular weight is 522 g/mol. The number of hydrogen-bond acceptors (Lipinski definition) is 7. The van der Waals surface area contributed by atoms with Crippen molar-refractivity contribution in [3.8, 4) is 0 Å². The number of carbonyl (C=O) groups excluding carboxylic acids is 3. The van der Waals surface area contributed by atoms with E-state index < -0.39 is 47.2 Å². The minimum absolute atomic E-state index is 0.194. The molecule has 36 heavy (non-hydrogen) atoms. The lowest BCUT2D eigenvalue weighted by Crippen LogP contribution is -2.59. The molecule has 198 valence electrons. The van der Waals surface area contributed by atoms with Gasteiger partial charge in [-0.25, -0.2) is 9.59 Å². The number of carboxylic acid groups (broad SMARTS) is 1. The molecule has 1 aromatic rings. The number of piperidine rings is 1. The molecule has 2 heterocycles. The van der Waals surface area contributed by atoms with Crippen molar-refractivity contribution >= 4 is 35.6 Å². The Kier molecular flexibility index (Phi) is 8.55. The Morgan fingerprint density at radius 2 is 1.75 bits per heavy atom. The zero-order valence-corrected chi connectivity index (χ0v) is 21.9. The topological polar surface area (TPSA) is 136 Å². The minimum Gasteiger partial charge on any atom is -0.480 e. The first-order valence-corrected chi connectivity index (χ1v) is 13.1. The Bertz CT molecular complexity index is 972. The number of aliphatic carboxylic acids is 1. The zero-order valence-electron chi connectivity index (χ0n) is 21.1. The van der Waals surface area contributed by atoms with Crippen LogP contribution in [0.5, 0.6) is 0 Å². The molecule has 2 aliphatic heterocycles. The molecule has 3 amide bonds. The summed E-state index contributed by atoms with van der Waals surface area (Å²) in [7, 11) is 0. The Labute approximate surface area is 215 Å². The molecule has 3 rings (SSSR count). The summed E-state index contributed by atoms with van der Waals surface area (Å²) in [6, 6.07) is 6.97. The Morgan fingerprint density at radius 3 is 2.28 bits per heavy atom. The number of amides is 3. The second kappa shape index (κ2) is 11.1. The van der Waals surface area contributed by atoms with Gasteiger partial charge in [0.25, 0.3) is 0 Å². The molecule has 0 spiro atoms. The van der Waals surface area contributed by atoms with E-state index in [0.717, 1.165) is 5.56 Å². The predicted octanol–water partition coefficient (Wildman–Crippen LogP) is 1.81. The van der Waals surface area contributed by atoms with Gasteiger partial charge >= 0.3 is 12.1 Å². The normalized spacial score (nSPS) is 21.4. The molecule has 0 saturated carbocycles. The first-order chi connectivity index (χ1) is 16.9. The van der Waals surface area contributed by atoms with Gasteiger partial charge in [-0.2, -0.15) is 0 Å². The van der Waals surface area contributed by atoms with E-state index in [2.05, 4.69) is 5.32 Å². The number of benzene rings is 1. The van der Waals surface area contributed by atoms with Gasteiger partial charge in [-0.1, -0.05) is 30.3 Å². The van der Waals surface area contributed by atoms with Crippen LogP contribution in [0.1, 0.15) is 46.1 Å². The van der Waals surface area contributed by atoms with Crippen molar-refractivity contribution in [2.45, 2.75) is 69.7 Å². The molecule has 0 bridgehead atoms. The van der Waals surface area contributed by atoms with Gasteiger partial charge in [-0.3, -0.25) is 14.5 Å². The molecule has 11 heteroatoms. The molecule has 2 saturated heterocycles.